The van der Waals surface area contributed by atoms with Crippen LogP contribution in [0.4, 0.5) is 16.2 Å². The minimum Gasteiger partial charge on any atom is -0.494 e. The van der Waals surface area contributed by atoms with E-state index in [0.717, 1.165) is 28.8 Å². The van der Waals surface area contributed by atoms with Crippen molar-refractivity contribution in [1.82, 2.24) is 0 Å². The van der Waals surface area contributed by atoms with Gasteiger partial charge in [0.15, 0.2) is 5.37 Å². The van der Waals surface area contributed by atoms with Crippen molar-refractivity contribution in [3.05, 3.63) is 54.1 Å². The molecule has 0 aromatic heterocycles. The first-order valence-corrected chi connectivity index (χ1v) is 8.57. The lowest BCUT2D eigenvalue weighted by Crippen LogP contribution is -2.34. The normalized spacial score (nSPS) is 17.2. The van der Waals surface area contributed by atoms with Gasteiger partial charge in [0.1, 0.15) is 5.75 Å². The summed E-state index contributed by atoms with van der Waals surface area (Å²) in [5.74, 6) is 0.510. The van der Waals surface area contributed by atoms with E-state index < -0.39 is 5.37 Å². The molecule has 1 N–H and O–H groups in total. The van der Waals surface area contributed by atoms with E-state index in [1.165, 1.54) is 4.90 Å². The molecule has 5 nitrogen and oxygen atoms in total. The maximum atomic E-state index is 12.6. The summed E-state index contributed by atoms with van der Waals surface area (Å²) in [6.07, 6.45) is 0. The van der Waals surface area contributed by atoms with Gasteiger partial charge in [0, 0.05) is 5.69 Å². The Morgan fingerprint density at radius 3 is 2.58 bits per heavy atom. The Morgan fingerprint density at radius 1 is 1.17 bits per heavy atom. The molecule has 2 amide bonds. The zero-order valence-electron chi connectivity index (χ0n) is 13.5. The lowest BCUT2D eigenvalue weighted by Gasteiger charge is -2.15. The smallest absolute Gasteiger partial charge is 0.295 e. The maximum Gasteiger partial charge on any atom is 0.295 e. The van der Waals surface area contributed by atoms with Crippen molar-refractivity contribution in [1.29, 1.82) is 0 Å². The van der Waals surface area contributed by atoms with Crippen molar-refractivity contribution >= 4 is 34.3 Å². The SMILES string of the molecule is CCOc1ccc(N[C@@H]2SC(=O)N(c3cccc(C)c3)C2=O)cc1. The van der Waals surface area contributed by atoms with Crippen LogP contribution in [0.5, 0.6) is 5.75 Å². The average Bonchev–Trinajstić information content (AvgIpc) is 2.83. The highest BCUT2D eigenvalue weighted by atomic mass is 32.2. The highest BCUT2D eigenvalue weighted by Crippen LogP contribution is 2.33. The number of ether oxygens (including phenoxy) is 1. The molecule has 1 fully saturated rings. The third-order valence-electron chi connectivity index (χ3n) is 3.57. The first-order chi connectivity index (χ1) is 11.6. The fourth-order valence-electron chi connectivity index (χ4n) is 2.47. The molecule has 6 heteroatoms. The van der Waals surface area contributed by atoms with Gasteiger partial charge in [-0.15, -0.1) is 0 Å². The number of nitrogens with one attached hydrogen (secondary N) is 1. The predicted octanol–water partition coefficient (Wildman–Crippen LogP) is 4.03. The van der Waals surface area contributed by atoms with Crippen LogP contribution in [-0.2, 0) is 4.79 Å². The molecule has 1 heterocycles. The van der Waals surface area contributed by atoms with E-state index in [1.54, 1.807) is 6.07 Å². The van der Waals surface area contributed by atoms with Crippen molar-refractivity contribution < 1.29 is 14.3 Å². The molecule has 1 aliphatic heterocycles. The number of carbonyl (C=O) groups excluding carboxylic acids is 2. The maximum absolute atomic E-state index is 12.6. The molecular weight excluding hydrogens is 324 g/mol. The summed E-state index contributed by atoms with van der Waals surface area (Å²) in [6.45, 7) is 4.45. The predicted molar refractivity (Wildman–Crippen MR) is 96.7 cm³/mol. The minimum atomic E-state index is -0.629. The molecule has 0 saturated carbocycles. The molecule has 1 aliphatic rings. The van der Waals surface area contributed by atoms with Crippen LogP contribution in [0.3, 0.4) is 0 Å². The van der Waals surface area contributed by atoms with Gasteiger partial charge in [0.05, 0.1) is 12.3 Å². The molecular formula is C18H18N2O3S. The van der Waals surface area contributed by atoms with Crippen LogP contribution < -0.4 is 15.0 Å². The Kier molecular flexibility index (Phi) is 4.76. The molecule has 0 bridgehead atoms. The Bertz CT molecular complexity index is 761. The Labute approximate surface area is 145 Å². The lowest BCUT2D eigenvalue weighted by atomic mass is 10.2. The topological polar surface area (TPSA) is 58.6 Å². The number of benzene rings is 2. The number of imide groups is 1. The number of thioether (sulfide) groups is 1. The van der Waals surface area contributed by atoms with Gasteiger partial charge in [-0.25, -0.2) is 4.90 Å². The van der Waals surface area contributed by atoms with Crippen molar-refractivity contribution in [3.63, 3.8) is 0 Å². The molecule has 0 unspecified atom stereocenters. The summed E-state index contributed by atoms with van der Waals surface area (Å²) in [6, 6.07) is 14.7. The number of carbonyl (C=O) groups is 2. The van der Waals surface area contributed by atoms with E-state index in [1.807, 2.05) is 56.3 Å². The summed E-state index contributed by atoms with van der Waals surface area (Å²) in [7, 11) is 0. The molecule has 2 aromatic rings. The van der Waals surface area contributed by atoms with Crippen molar-refractivity contribution in [2.24, 2.45) is 0 Å². The summed E-state index contributed by atoms with van der Waals surface area (Å²) in [5, 5.41) is 2.20. The van der Waals surface area contributed by atoms with Gasteiger partial charge in [-0.1, -0.05) is 12.1 Å². The first-order valence-electron chi connectivity index (χ1n) is 7.69. The van der Waals surface area contributed by atoms with E-state index in [2.05, 4.69) is 5.32 Å². The van der Waals surface area contributed by atoms with Gasteiger partial charge in [0.25, 0.3) is 11.1 Å². The van der Waals surface area contributed by atoms with Crippen LogP contribution in [0.25, 0.3) is 0 Å². The monoisotopic (exact) mass is 342 g/mol. The fraction of sp³-hybridized carbons (Fsp3) is 0.222. The molecule has 0 radical (unpaired) electrons. The van der Waals surface area contributed by atoms with Crippen LogP contribution in [0.15, 0.2) is 48.5 Å². The number of aryl methyl sites for hydroxylation is 1. The number of nitrogens with zero attached hydrogens (tertiary/aromatic N) is 1. The number of amides is 2. The second-order valence-corrected chi connectivity index (χ2v) is 6.43. The van der Waals surface area contributed by atoms with E-state index in [0.29, 0.717) is 12.3 Å². The van der Waals surface area contributed by atoms with Crippen LogP contribution >= 0.6 is 11.8 Å². The average molecular weight is 342 g/mol. The number of rotatable bonds is 5. The fourth-order valence-corrected chi connectivity index (χ4v) is 3.37. The van der Waals surface area contributed by atoms with Crippen LogP contribution in [0, 0.1) is 6.92 Å². The molecule has 1 saturated heterocycles. The minimum absolute atomic E-state index is 0.260. The van der Waals surface area contributed by atoms with Gasteiger partial charge in [-0.2, -0.15) is 0 Å². The molecule has 1 atom stereocenters. The summed E-state index contributed by atoms with van der Waals surface area (Å²) in [5.41, 5.74) is 2.37. The third-order valence-corrected chi connectivity index (χ3v) is 4.51. The van der Waals surface area contributed by atoms with E-state index in [9.17, 15) is 9.59 Å². The van der Waals surface area contributed by atoms with Crippen molar-refractivity contribution in [3.8, 4) is 5.75 Å². The zero-order valence-corrected chi connectivity index (χ0v) is 14.3. The van der Waals surface area contributed by atoms with Crippen LogP contribution in [0.1, 0.15) is 12.5 Å². The second kappa shape index (κ2) is 6.97. The van der Waals surface area contributed by atoms with E-state index >= 15 is 0 Å². The molecule has 124 valence electrons. The van der Waals surface area contributed by atoms with Gasteiger partial charge in [0.2, 0.25) is 0 Å². The van der Waals surface area contributed by atoms with Crippen LogP contribution in [0.2, 0.25) is 0 Å². The Balaban J connectivity index is 1.74. The molecule has 0 aliphatic carbocycles. The number of hydrogen-bond donors (Lipinski definition) is 1. The van der Waals surface area contributed by atoms with Crippen LogP contribution in [-0.4, -0.2) is 23.1 Å². The summed E-state index contributed by atoms with van der Waals surface area (Å²) < 4.78 is 5.39. The van der Waals surface area contributed by atoms with Gasteiger partial charge in [-0.3, -0.25) is 9.59 Å². The molecule has 3 rings (SSSR count). The third kappa shape index (κ3) is 3.38. The summed E-state index contributed by atoms with van der Waals surface area (Å²) in [4.78, 5) is 26.1. The first kappa shape index (κ1) is 16.4. The van der Waals surface area contributed by atoms with Gasteiger partial charge in [-0.05, 0) is 67.6 Å². The van der Waals surface area contributed by atoms with Crippen molar-refractivity contribution in [2.45, 2.75) is 19.2 Å². The van der Waals surface area contributed by atoms with Gasteiger partial charge < -0.3 is 10.1 Å². The van der Waals surface area contributed by atoms with E-state index in [4.69, 9.17) is 4.74 Å². The van der Waals surface area contributed by atoms with E-state index in [-0.39, 0.29) is 11.1 Å². The quantitative estimate of drug-likeness (QED) is 0.889. The standard InChI is InChI=1S/C18H18N2O3S/c1-3-23-15-9-7-13(8-10-15)19-16-17(21)20(18(22)24-16)14-6-4-5-12(2)11-14/h4-11,16,19H,3H2,1-2H3/t16-/m1/s1. The largest absolute Gasteiger partial charge is 0.494 e. The zero-order chi connectivity index (χ0) is 17.1. The molecule has 0 spiro atoms. The van der Waals surface area contributed by atoms with Crippen molar-refractivity contribution in [2.75, 3.05) is 16.8 Å². The van der Waals surface area contributed by atoms with Gasteiger partial charge >= 0.3 is 0 Å². The number of anilines is 2. The second-order valence-electron chi connectivity index (χ2n) is 5.38. The highest BCUT2D eigenvalue weighted by Gasteiger charge is 2.40. The Morgan fingerprint density at radius 2 is 1.92 bits per heavy atom. The molecule has 24 heavy (non-hydrogen) atoms. The summed E-state index contributed by atoms with van der Waals surface area (Å²) >= 11 is 0.987. The Hall–Kier alpha value is -2.47. The number of hydrogen-bond acceptors (Lipinski definition) is 5. The highest BCUT2D eigenvalue weighted by molar-refractivity contribution is 8.16. The lowest BCUT2D eigenvalue weighted by molar-refractivity contribution is -0.116. The molecule has 2 aromatic carbocycles.